The summed E-state index contributed by atoms with van der Waals surface area (Å²) in [6.45, 7) is 5.06. The van der Waals surface area contributed by atoms with Crippen molar-refractivity contribution in [1.82, 2.24) is 5.32 Å². The molecule has 3 nitrogen and oxygen atoms in total. The van der Waals surface area contributed by atoms with Crippen LogP contribution in [0.5, 0.6) is 0 Å². The molecule has 1 aromatic carbocycles. The highest BCUT2D eigenvalue weighted by Crippen LogP contribution is 2.25. The van der Waals surface area contributed by atoms with Crippen molar-refractivity contribution in [2.75, 3.05) is 11.9 Å². The lowest BCUT2D eigenvalue weighted by molar-refractivity contribution is 0.0940. The van der Waals surface area contributed by atoms with Crippen LogP contribution in [0.1, 0.15) is 38.6 Å². The van der Waals surface area contributed by atoms with Crippen LogP contribution in [0, 0.1) is 6.92 Å². The molecule has 2 heterocycles. The average Bonchev–Trinajstić information content (AvgIpc) is 3.05. The van der Waals surface area contributed by atoms with Crippen molar-refractivity contribution >= 4 is 22.9 Å². The number of carbonyl (C=O) groups excluding carboxylic acids is 1. The predicted octanol–water partition coefficient (Wildman–Crippen LogP) is 3.52. The van der Waals surface area contributed by atoms with Crippen molar-refractivity contribution in [3.63, 3.8) is 0 Å². The molecule has 104 valence electrons. The van der Waals surface area contributed by atoms with Gasteiger partial charge in [0.15, 0.2) is 0 Å². The standard InChI is InChI=1S/C16H18N2OS/c1-10-3-6-15(20-10)11(2)18-16(19)13-5-4-12-7-8-17-14(12)9-13/h3-6,9,11,17H,7-8H2,1-2H3,(H,18,19). The van der Waals surface area contributed by atoms with E-state index < -0.39 is 0 Å². The third kappa shape index (κ3) is 2.56. The van der Waals surface area contributed by atoms with Gasteiger partial charge in [0.25, 0.3) is 5.91 Å². The molecule has 0 spiro atoms. The molecule has 1 unspecified atom stereocenters. The van der Waals surface area contributed by atoms with E-state index in [4.69, 9.17) is 0 Å². The number of rotatable bonds is 3. The van der Waals surface area contributed by atoms with Crippen molar-refractivity contribution < 1.29 is 4.79 Å². The van der Waals surface area contributed by atoms with Gasteiger partial charge in [-0.05, 0) is 50.1 Å². The van der Waals surface area contributed by atoms with Gasteiger partial charge < -0.3 is 10.6 Å². The second-order valence-corrected chi connectivity index (χ2v) is 6.51. The minimum Gasteiger partial charge on any atom is -0.384 e. The van der Waals surface area contributed by atoms with Crippen molar-refractivity contribution in [2.45, 2.75) is 26.3 Å². The molecule has 2 aromatic rings. The molecule has 0 fully saturated rings. The molecule has 1 amide bonds. The maximum Gasteiger partial charge on any atom is 0.251 e. The Morgan fingerprint density at radius 3 is 2.95 bits per heavy atom. The Kier molecular flexibility index (Phi) is 3.49. The first-order valence-corrected chi connectivity index (χ1v) is 7.69. The summed E-state index contributed by atoms with van der Waals surface area (Å²) >= 11 is 1.73. The molecule has 0 saturated heterocycles. The summed E-state index contributed by atoms with van der Waals surface area (Å²) in [4.78, 5) is 14.8. The van der Waals surface area contributed by atoms with E-state index in [2.05, 4.69) is 29.7 Å². The van der Waals surface area contributed by atoms with Crippen molar-refractivity contribution in [2.24, 2.45) is 0 Å². The van der Waals surface area contributed by atoms with Gasteiger partial charge in [0.05, 0.1) is 6.04 Å². The molecule has 1 aliphatic heterocycles. The smallest absolute Gasteiger partial charge is 0.251 e. The molecule has 2 N–H and O–H groups in total. The van der Waals surface area contributed by atoms with E-state index in [-0.39, 0.29) is 11.9 Å². The minimum atomic E-state index is -0.0138. The fraction of sp³-hybridized carbons (Fsp3) is 0.312. The van der Waals surface area contributed by atoms with Gasteiger partial charge in [0.2, 0.25) is 0 Å². The van der Waals surface area contributed by atoms with Gasteiger partial charge in [-0.2, -0.15) is 0 Å². The molecule has 0 bridgehead atoms. The van der Waals surface area contributed by atoms with Crippen LogP contribution in [0.25, 0.3) is 0 Å². The molecular formula is C16H18N2OS. The summed E-state index contributed by atoms with van der Waals surface area (Å²) in [7, 11) is 0. The summed E-state index contributed by atoms with van der Waals surface area (Å²) in [5.41, 5.74) is 3.11. The van der Waals surface area contributed by atoms with Gasteiger partial charge in [0, 0.05) is 27.5 Å². The van der Waals surface area contributed by atoms with Crippen LogP contribution in [-0.2, 0) is 6.42 Å². The predicted molar refractivity (Wildman–Crippen MR) is 83.6 cm³/mol. The lowest BCUT2D eigenvalue weighted by atomic mass is 10.1. The summed E-state index contributed by atoms with van der Waals surface area (Å²) in [5.74, 6) is -0.0138. The van der Waals surface area contributed by atoms with Crippen LogP contribution in [-0.4, -0.2) is 12.5 Å². The first kappa shape index (κ1) is 13.2. The topological polar surface area (TPSA) is 41.1 Å². The Morgan fingerprint density at radius 1 is 1.35 bits per heavy atom. The van der Waals surface area contributed by atoms with E-state index in [1.807, 2.05) is 25.1 Å². The zero-order valence-corrected chi connectivity index (χ0v) is 12.5. The van der Waals surface area contributed by atoms with E-state index in [9.17, 15) is 4.79 Å². The number of fused-ring (bicyclic) bond motifs is 1. The number of hydrogen-bond acceptors (Lipinski definition) is 3. The molecule has 1 aromatic heterocycles. The third-order valence-electron chi connectivity index (χ3n) is 3.62. The first-order valence-electron chi connectivity index (χ1n) is 6.87. The van der Waals surface area contributed by atoms with Crippen molar-refractivity contribution in [3.8, 4) is 0 Å². The number of thiophene rings is 1. The largest absolute Gasteiger partial charge is 0.384 e. The van der Waals surface area contributed by atoms with Crippen LogP contribution < -0.4 is 10.6 Å². The molecule has 0 aliphatic carbocycles. The number of anilines is 1. The average molecular weight is 286 g/mol. The highest BCUT2D eigenvalue weighted by atomic mass is 32.1. The van der Waals surface area contributed by atoms with E-state index in [0.29, 0.717) is 0 Å². The first-order chi connectivity index (χ1) is 9.63. The summed E-state index contributed by atoms with van der Waals surface area (Å²) < 4.78 is 0. The number of aryl methyl sites for hydroxylation is 1. The molecule has 0 saturated carbocycles. The molecule has 1 aliphatic rings. The summed E-state index contributed by atoms with van der Waals surface area (Å²) in [5, 5.41) is 6.37. The summed E-state index contributed by atoms with van der Waals surface area (Å²) in [6.07, 6.45) is 1.04. The number of nitrogens with one attached hydrogen (secondary N) is 2. The zero-order chi connectivity index (χ0) is 14.1. The third-order valence-corrected chi connectivity index (χ3v) is 4.80. The fourth-order valence-electron chi connectivity index (χ4n) is 2.47. The quantitative estimate of drug-likeness (QED) is 0.906. The number of hydrogen-bond donors (Lipinski definition) is 2. The number of amides is 1. The van der Waals surface area contributed by atoms with E-state index in [0.717, 1.165) is 24.2 Å². The van der Waals surface area contributed by atoms with Crippen molar-refractivity contribution in [3.05, 3.63) is 51.2 Å². The molecule has 1 atom stereocenters. The van der Waals surface area contributed by atoms with Gasteiger partial charge in [-0.1, -0.05) is 6.07 Å². The maximum absolute atomic E-state index is 12.3. The van der Waals surface area contributed by atoms with Crippen LogP contribution in [0.15, 0.2) is 30.3 Å². The van der Waals surface area contributed by atoms with Crippen LogP contribution in [0.4, 0.5) is 5.69 Å². The molecule has 0 radical (unpaired) electrons. The number of carbonyl (C=O) groups is 1. The van der Waals surface area contributed by atoms with Gasteiger partial charge >= 0.3 is 0 Å². The molecule has 20 heavy (non-hydrogen) atoms. The number of benzene rings is 1. The highest BCUT2D eigenvalue weighted by Gasteiger charge is 2.16. The van der Waals surface area contributed by atoms with E-state index in [1.165, 1.54) is 15.3 Å². The van der Waals surface area contributed by atoms with Crippen LogP contribution in [0.2, 0.25) is 0 Å². The lowest BCUT2D eigenvalue weighted by Gasteiger charge is -2.13. The second-order valence-electron chi connectivity index (χ2n) is 5.19. The zero-order valence-electron chi connectivity index (χ0n) is 11.7. The lowest BCUT2D eigenvalue weighted by Crippen LogP contribution is -2.26. The normalized spacial score (nSPS) is 14.5. The maximum atomic E-state index is 12.3. The van der Waals surface area contributed by atoms with Gasteiger partial charge in [-0.25, -0.2) is 0 Å². The molecular weight excluding hydrogens is 268 g/mol. The minimum absolute atomic E-state index is 0.0138. The molecule has 3 rings (SSSR count). The Labute approximate surface area is 123 Å². The monoisotopic (exact) mass is 286 g/mol. The Bertz CT molecular complexity index is 648. The Morgan fingerprint density at radius 2 is 2.20 bits per heavy atom. The SMILES string of the molecule is Cc1ccc(C(C)NC(=O)c2ccc3c(c2)NCC3)s1. The highest BCUT2D eigenvalue weighted by molar-refractivity contribution is 7.12. The summed E-state index contributed by atoms with van der Waals surface area (Å²) in [6, 6.07) is 10.1. The van der Waals surface area contributed by atoms with Gasteiger partial charge in [-0.15, -0.1) is 11.3 Å². The van der Waals surface area contributed by atoms with Gasteiger partial charge in [0.1, 0.15) is 0 Å². The van der Waals surface area contributed by atoms with E-state index in [1.54, 1.807) is 11.3 Å². The van der Waals surface area contributed by atoms with Gasteiger partial charge in [-0.3, -0.25) is 4.79 Å². The Hall–Kier alpha value is -1.81. The van der Waals surface area contributed by atoms with Crippen molar-refractivity contribution in [1.29, 1.82) is 0 Å². The van der Waals surface area contributed by atoms with Crippen LogP contribution >= 0.6 is 11.3 Å². The second kappa shape index (κ2) is 5.29. The van der Waals surface area contributed by atoms with E-state index >= 15 is 0 Å². The Balaban J connectivity index is 1.73. The fourth-order valence-corrected chi connectivity index (χ4v) is 3.35. The van der Waals surface area contributed by atoms with Crippen LogP contribution in [0.3, 0.4) is 0 Å². The molecule has 4 heteroatoms.